The third kappa shape index (κ3) is 3.88. The predicted molar refractivity (Wildman–Crippen MR) is 72.9 cm³/mol. The lowest BCUT2D eigenvalue weighted by Gasteiger charge is -1.99. The lowest BCUT2D eigenvalue weighted by molar-refractivity contribution is 0.102. The van der Waals surface area contributed by atoms with Crippen LogP contribution in [0, 0.1) is 11.8 Å². The van der Waals surface area contributed by atoms with Crippen LogP contribution >= 0.6 is 11.3 Å². The zero-order chi connectivity index (χ0) is 13.5. The van der Waals surface area contributed by atoms with Crippen LogP contribution in [0.25, 0.3) is 0 Å². The van der Waals surface area contributed by atoms with Crippen LogP contribution in [-0.4, -0.2) is 27.6 Å². The minimum Gasteiger partial charge on any atom is -0.395 e. The molecule has 0 aliphatic rings. The molecular formula is C13H11N3O2S. The second kappa shape index (κ2) is 6.64. The van der Waals surface area contributed by atoms with Gasteiger partial charge in [-0.2, -0.15) is 0 Å². The van der Waals surface area contributed by atoms with Crippen LogP contribution in [0.2, 0.25) is 0 Å². The summed E-state index contributed by atoms with van der Waals surface area (Å²) >= 11 is 1.28. The van der Waals surface area contributed by atoms with Gasteiger partial charge in [0.2, 0.25) is 0 Å². The molecule has 0 saturated heterocycles. The van der Waals surface area contributed by atoms with E-state index in [1.54, 1.807) is 30.6 Å². The standard InChI is InChI=1S/C13H11N3O2S/c17-8-4-2-5-10-9-15-13(19-10)16-12(18)11-6-1-3-7-14-11/h1,3,6-7,9,17H,4,8H2,(H,15,16,18). The number of thiazole rings is 1. The van der Waals surface area contributed by atoms with Crippen molar-refractivity contribution in [2.75, 3.05) is 11.9 Å². The van der Waals surface area contributed by atoms with Gasteiger partial charge in [0.05, 0.1) is 17.7 Å². The van der Waals surface area contributed by atoms with Gasteiger partial charge in [0.1, 0.15) is 5.69 Å². The van der Waals surface area contributed by atoms with Crippen LogP contribution < -0.4 is 5.32 Å². The van der Waals surface area contributed by atoms with E-state index in [-0.39, 0.29) is 12.5 Å². The topological polar surface area (TPSA) is 75.1 Å². The molecule has 0 saturated carbocycles. The first-order valence-corrected chi connectivity index (χ1v) is 6.39. The average molecular weight is 273 g/mol. The van der Waals surface area contributed by atoms with Crippen LogP contribution in [0.1, 0.15) is 21.8 Å². The van der Waals surface area contributed by atoms with Crippen molar-refractivity contribution in [3.8, 4) is 11.8 Å². The second-order valence-corrected chi connectivity index (χ2v) is 4.50. The fraction of sp³-hybridized carbons (Fsp3) is 0.154. The number of aromatic nitrogens is 2. The van der Waals surface area contributed by atoms with E-state index < -0.39 is 0 Å². The Morgan fingerprint density at radius 3 is 3.05 bits per heavy atom. The molecule has 2 rings (SSSR count). The zero-order valence-corrected chi connectivity index (χ0v) is 10.8. The summed E-state index contributed by atoms with van der Waals surface area (Å²) in [6.07, 6.45) is 3.57. The molecule has 5 nitrogen and oxygen atoms in total. The molecule has 0 atom stereocenters. The van der Waals surface area contributed by atoms with E-state index in [0.717, 1.165) is 4.88 Å². The summed E-state index contributed by atoms with van der Waals surface area (Å²) in [4.78, 5) is 20.6. The third-order valence-electron chi connectivity index (χ3n) is 2.07. The Bertz CT molecular complexity index is 614. The molecule has 0 radical (unpaired) electrons. The average Bonchev–Trinajstić information content (AvgIpc) is 2.88. The molecule has 19 heavy (non-hydrogen) atoms. The minimum absolute atomic E-state index is 0.0368. The predicted octanol–water partition coefficient (Wildman–Crippen LogP) is 1.52. The second-order valence-electron chi connectivity index (χ2n) is 3.47. The normalized spacial score (nSPS) is 9.53. The molecule has 2 N–H and O–H groups in total. The fourth-order valence-corrected chi connectivity index (χ4v) is 1.94. The number of hydrogen-bond acceptors (Lipinski definition) is 5. The molecule has 0 unspecified atom stereocenters. The van der Waals surface area contributed by atoms with E-state index in [1.165, 1.54) is 11.3 Å². The van der Waals surface area contributed by atoms with Crippen molar-refractivity contribution in [3.05, 3.63) is 41.2 Å². The first-order valence-electron chi connectivity index (χ1n) is 5.57. The van der Waals surface area contributed by atoms with Gasteiger partial charge in [0.25, 0.3) is 5.91 Å². The zero-order valence-electron chi connectivity index (χ0n) is 9.96. The Morgan fingerprint density at radius 2 is 2.32 bits per heavy atom. The molecular weight excluding hydrogens is 262 g/mol. The highest BCUT2D eigenvalue weighted by Crippen LogP contribution is 2.17. The minimum atomic E-state index is -0.301. The van der Waals surface area contributed by atoms with Gasteiger partial charge < -0.3 is 5.11 Å². The highest BCUT2D eigenvalue weighted by Gasteiger charge is 2.08. The van der Waals surface area contributed by atoms with Gasteiger partial charge in [-0.1, -0.05) is 29.2 Å². The van der Waals surface area contributed by atoms with Crippen molar-refractivity contribution < 1.29 is 9.90 Å². The van der Waals surface area contributed by atoms with Gasteiger partial charge in [-0.3, -0.25) is 15.1 Å². The van der Waals surface area contributed by atoms with E-state index in [1.807, 2.05) is 0 Å². The molecule has 2 aromatic rings. The number of amides is 1. The molecule has 0 aliphatic heterocycles. The quantitative estimate of drug-likeness (QED) is 0.831. The summed E-state index contributed by atoms with van der Waals surface area (Å²) in [5.74, 6) is 5.35. The van der Waals surface area contributed by atoms with Crippen LogP contribution in [-0.2, 0) is 0 Å². The Balaban J connectivity index is 2.01. The van der Waals surface area contributed by atoms with Gasteiger partial charge in [-0.15, -0.1) is 0 Å². The number of carbonyl (C=O) groups excluding carboxylic acids is 1. The Hall–Kier alpha value is -2.23. The summed E-state index contributed by atoms with van der Waals surface area (Å²) in [5, 5.41) is 11.7. The molecule has 2 heterocycles. The molecule has 0 aliphatic carbocycles. The van der Waals surface area contributed by atoms with Gasteiger partial charge in [-0.25, -0.2) is 4.98 Å². The van der Waals surface area contributed by atoms with Crippen LogP contribution in [0.3, 0.4) is 0 Å². The lowest BCUT2D eigenvalue weighted by atomic mass is 10.3. The number of aliphatic hydroxyl groups is 1. The van der Waals surface area contributed by atoms with Gasteiger partial charge >= 0.3 is 0 Å². The number of rotatable bonds is 3. The van der Waals surface area contributed by atoms with Gasteiger partial charge in [-0.05, 0) is 12.1 Å². The lowest BCUT2D eigenvalue weighted by Crippen LogP contribution is -2.12. The van der Waals surface area contributed by atoms with E-state index in [2.05, 4.69) is 27.1 Å². The third-order valence-corrected chi connectivity index (χ3v) is 2.90. The Morgan fingerprint density at radius 1 is 1.42 bits per heavy atom. The van der Waals surface area contributed by atoms with Gasteiger partial charge in [0, 0.05) is 12.6 Å². The molecule has 0 fully saturated rings. The van der Waals surface area contributed by atoms with Crippen molar-refractivity contribution >= 4 is 22.4 Å². The Kier molecular flexibility index (Phi) is 4.61. The maximum absolute atomic E-state index is 11.8. The first-order chi connectivity index (χ1) is 9.29. The van der Waals surface area contributed by atoms with Crippen molar-refractivity contribution in [3.63, 3.8) is 0 Å². The molecule has 6 heteroatoms. The molecule has 0 aromatic carbocycles. The summed E-state index contributed by atoms with van der Waals surface area (Å²) in [7, 11) is 0. The number of carbonyl (C=O) groups is 1. The van der Waals surface area contributed by atoms with Crippen molar-refractivity contribution in [1.29, 1.82) is 0 Å². The maximum Gasteiger partial charge on any atom is 0.276 e. The fourth-order valence-electron chi connectivity index (χ4n) is 1.25. The summed E-state index contributed by atoms with van der Waals surface area (Å²) < 4.78 is 0. The number of anilines is 1. The molecule has 0 spiro atoms. The number of nitrogens with zero attached hydrogens (tertiary/aromatic N) is 2. The van der Waals surface area contributed by atoms with Crippen LogP contribution in [0.15, 0.2) is 30.6 Å². The van der Waals surface area contributed by atoms with Crippen molar-refractivity contribution in [2.24, 2.45) is 0 Å². The van der Waals surface area contributed by atoms with Crippen molar-refractivity contribution in [2.45, 2.75) is 6.42 Å². The summed E-state index contributed by atoms with van der Waals surface area (Å²) in [5.41, 5.74) is 0.339. The van der Waals surface area contributed by atoms with E-state index >= 15 is 0 Å². The Labute approximate surface area is 114 Å². The number of aliphatic hydroxyl groups excluding tert-OH is 1. The molecule has 1 amide bonds. The summed E-state index contributed by atoms with van der Waals surface area (Å²) in [6, 6.07) is 5.12. The largest absolute Gasteiger partial charge is 0.395 e. The molecule has 2 aromatic heterocycles. The van der Waals surface area contributed by atoms with Crippen LogP contribution in [0.5, 0.6) is 0 Å². The first kappa shape index (κ1) is 13.2. The maximum atomic E-state index is 11.8. The molecule has 0 bridgehead atoms. The smallest absolute Gasteiger partial charge is 0.276 e. The highest BCUT2D eigenvalue weighted by molar-refractivity contribution is 7.16. The van der Waals surface area contributed by atoms with Crippen LogP contribution in [0.4, 0.5) is 5.13 Å². The number of hydrogen-bond donors (Lipinski definition) is 2. The SMILES string of the molecule is O=C(Nc1ncc(C#CCCO)s1)c1ccccn1. The van der Waals surface area contributed by atoms with Crippen molar-refractivity contribution in [1.82, 2.24) is 9.97 Å². The highest BCUT2D eigenvalue weighted by atomic mass is 32.1. The van der Waals surface area contributed by atoms with Gasteiger partial charge in [0.15, 0.2) is 5.13 Å². The summed E-state index contributed by atoms with van der Waals surface area (Å²) in [6.45, 7) is 0.0368. The monoisotopic (exact) mass is 273 g/mol. The van der Waals surface area contributed by atoms with E-state index in [9.17, 15) is 4.79 Å². The van der Waals surface area contributed by atoms with E-state index in [0.29, 0.717) is 17.2 Å². The van der Waals surface area contributed by atoms with E-state index in [4.69, 9.17) is 5.11 Å². The number of nitrogens with one attached hydrogen (secondary N) is 1. The number of pyridine rings is 1. The molecule has 96 valence electrons.